The maximum absolute atomic E-state index is 5.47. The SMILES string of the molecule is CN1CCNCC1c1noc(-c2ccc(-c3nc(C4CC4)no3)cc2)n1.Cl. The molecule has 1 saturated heterocycles. The fourth-order valence-electron chi connectivity index (χ4n) is 3.20. The molecule has 1 aromatic carbocycles. The number of benzene rings is 1. The van der Waals surface area contributed by atoms with Gasteiger partial charge >= 0.3 is 0 Å². The third-order valence-electron chi connectivity index (χ3n) is 5.01. The molecule has 1 saturated carbocycles. The van der Waals surface area contributed by atoms with Crippen LogP contribution in [0.1, 0.15) is 36.5 Å². The van der Waals surface area contributed by atoms with Crippen LogP contribution in [0.4, 0.5) is 0 Å². The summed E-state index contributed by atoms with van der Waals surface area (Å²) in [5.74, 6) is 3.09. The summed E-state index contributed by atoms with van der Waals surface area (Å²) in [5.41, 5.74) is 1.77. The third-order valence-corrected chi connectivity index (χ3v) is 5.01. The molecule has 1 aliphatic carbocycles. The maximum Gasteiger partial charge on any atom is 0.257 e. The maximum atomic E-state index is 5.47. The first-order valence-corrected chi connectivity index (χ1v) is 8.97. The van der Waals surface area contributed by atoms with E-state index in [4.69, 9.17) is 9.05 Å². The van der Waals surface area contributed by atoms with E-state index in [0.29, 0.717) is 23.5 Å². The predicted molar refractivity (Wildman–Crippen MR) is 100 cm³/mol. The van der Waals surface area contributed by atoms with E-state index in [0.717, 1.165) is 49.4 Å². The molecule has 0 spiro atoms. The Kier molecular flexibility index (Phi) is 4.94. The van der Waals surface area contributed by atoms with Crippen molar-refractivity contribution in [3.63, 3.8) is 0 Å². The van der Waals surface area contributed by atoms with Gasteiger partial charge in [0.1, 0.15) is 0 Å². The molecule has 8 nitrogen and oxygen atoms in total. The first-order valence-electron chi connectivity index (χ1n) is 8.97. The highest BCUT2D eigenvalue weighted by Crippen LogP contribution is 2.39. The lowest BCUT2D eigenvalue weighted by Crippen LogP contribution is -2.44. The number of halogens is 1. The molecular weight excluding hydrogens is 368 g/mol. The molecule has 142 valence electrons. The quantitative estimate of drug-likeness (QED) is 0.729. The molecule has 0 bridgehead atoms. The minimum Gasteiger partial charge on any atom is -0.334 e. The lowest BCUT2D eigenvalue weighted by molar-refractivity contribution is 0.190. The molecule has 2 aromatic heterocycles. The largest absolute Gasteiger partial charge is 0.334 e. The van der Waals surface area contributed by atoms with Gasteiger partial charge in [-0.15, -0.1) is 12.4 Å². The normalized spacial score (nSPS) is 20.4. The zero-order valence-corrected chi connectivity index (χ0v) is 15.8. The summed E-state index contributed by atoms with van der Waals surface area (Å²) in [7, 11) is 2.08. The molecule has 3 aromatic rings. The summed E-state index contributed by atoms with van der Waals surface area (Å²) >= 11 is 0. The Morgan fingerprint density at radius 1 is 0.963 bits per heavy atom. The molecular formula is C18H21ClN6O2. The lowest BCUT2D eigenvalue weighted by atomic mass is 10.1. The van der Waals surface area contributed by atoms with E-state index >= 15 is 0 Å². The predicted octanol–water partition coefficient (Wildman–Crippen LogP) is 2.66. The lowest BCUT2D eigenvalue weighted by Gasteiger charge is -2.30. The second-order valence-corrected chi connectivity index (χ2v) is 6.97. The fourth-order valence-corrected chi connectivity index (χ4v) is 3.20. The number of aromatic nitrogens is 4. The van der Waals surface area contributed by atoms with E-state index in [1.54, 1.807) is 0 Å². The van der Waals surface area contributed by atoms with Gasteiger partial charge in [-0.3, -0.25) is 4.90 Å². The van der Waals surface area contributed by atoms with Gasteiger partial charge < -0.3 is 14.4 Å². The van der Waals surface area contributed by atoms with Gasteiger partial charge in [0.25, 0.3) is 11.8 Å². The molecule has 2 fully saturated rings. The van der Waals surface area contributed by atoms with E-state index in [9.17, 15) is 0 Å². The highest BCUT2D eigenvalue weighted by atomic mass is 35.5. The van der Waals surface area contributed by atoms with Crippen LogP contribution in [0.5, 0.6) is 0 Å². The van der Waals surface area contributed by atoms with Crippen LogP contribution in [0, 0.1) is 0 Å². The summed E-state index contributed by atoms with van der Waals surface area (Å²) in [6.07, 6.45) is 2.31. The molecule has 9 heteroatoms. The van der Waals surface area contributed by atoms with Gasteiger partial charge in [-0.1, -0.05) is 10.3 Å². The van der Waals surface area contributed by atoms with Crippen LogP contribution in [0.25, 0.3) is 22.9 Å². The minimum absolute atomic E-state index is 0. The Morgan fingerprint density at radius 3 is 2.15 bits per heavy atom. The monoisotopic (exact) mass is 388 g/mol. The summed E-state index contributed by atoms with van der Waals surface area (Å²) in [6, 6.07) is 7.90. The Morgan fingerprint density at radius 2 is 1.56 bits per heavy atom. The van der Waals surface area contributed by atoms with Gasteiger partial charge in [-0.05, 0) is 44.2 Å². The Hall–Kier alpha value is -2.29. The Labute approximate surface area is 162 Å². The van der Waals surface area contributed by atoms with Crippen molar-refractivity contribution in [2.75, 3.05) is 26.7 Å². The number of likely N-dealkylation sites (N-methyl/N-ethyl adjacent to an activating group) is 1. The molecule has 1 aliphatic heterocycles. The van der Waals surface area contributed by atoms with Crippen LogP contribution in [-0.2, 0) is 0 Å². The van der Waals surface area contributed by atoms with Crippen LogP contribution < -0.4 is 5.32 Å². The minimum atomic E-state index is 0. The number of piperazine rings is 1. The van der Waals surface area contributed by atoms with Gasteiger partial charge in [0, 0.05) is 36.7 Å². The number of nitrogens with zero attached hydrogens (tertiary/aromatic N) is 5. The van der Waals surface area contributed by atoms with Crippen molar-refractivity contribution in [2.24, 2.45) is 0 Å². The summed E-state index contributed by atoms with van der Waals surface area (Å²) in [5, 5.41) is 11.6. The van der Waals surface area contributed by atoms with Crippen molar-refractivity contribution < 1.29 is 9.05 Å². The first-order chi connectivity index (χ1) is 12.8. The molecule has 1 unspecified atom stereocenters. The zero-order valence-electron chi connectivity index (χ0n) is 15.0. The number of nitrogens with one attached hydrogen (secondary N) is 1. The van der Waals surface area contributed by atoms with E-state index in [1.807, 2.05) is 24.3 Å². The molecule has 27 heavy (non-hydrogen) atoms. The first kappa shape index (κ1) is 18.1. The standard InChI is InChI=1S/C18H20N6O2.ClH/c1-24-9-8-19-10-14(24)16-21-18(26-23-16)13-6-4-12(5-7-13)17-20-15(22-25-17)11-2-3-11;/h4-7,11,14,19H,2-3,8-10H2,1H3;1H. The van der Waals surface area contributed by atoms with E-state index in [2.05, 4.69) is 37.5 Å². The van der Waals surface area contributed by atoms with Gasteiger partial charge in [-0.25, -0.2) is 0 Å². The zero-order chi connectivity index (χ0) is 17.5. The number of rotatable bonds is 4. The van der Waals surface area contributed by atoms with Crippen LogP contribution >= 0.6 is 12.4 Å². The molecule has 2 aliphatic rings. The topological polar surface area (TPSA) is 93.1 Å². The highest BCUT2D eigenvalue weighted by Gasteiger charge is 2.29. The average molecular weight is 389 g/mol. The van der Waals surface area contributed by atoms with Gasteiger partial charge in [0.2, 0.25) is 0 Å². The van der Waals surface area contributed by atoms with Gasteiger partial charge in [-0.2, -0.15) is 9.97 Å². The molecule has 1 atom stereocenters. The number of hydrogen-bond acceptors (Lipinski definition) is 8. The van der Waals surface area contributed by atoms with Crippen molar-refractivity contribution >= 4 is 12.4 Å². The van der Waals surface area contributed by atoms with E-state index in [-0.39, 0.29) is 18.4 Å². The van der Waals surface area contributed by atoms with Crippen molar-refractivity contribution in [2.45, 2.75) is 24.8 Å². The molecule has 0 amide bonds. The van der Waals surface area contributed by atoms with Gasteiger partial charge in [0.05, 0.1) is 6.04 Å². The molecule has 1 N–H and O–H groups in total. The summed E-state index contributed by atoms with van der Waals surface area (Å²) in [4.78, 5) is 11.3. The second kappa shape index (κ2) is 7.38. The third kappa shape index (κ3) is 3.60. The van der Waals surface area contributed by atoms with Crippen molar-refractivity contribution in [1.82, 2.24) is 30.5 Å². The van der Waals surface area contributed by atoms with Gasteiger partial charge in [0.15, 0.2) is 11.6 Å². The van der Waals surface area contributed by atoms with Crippen LogP contribution in [0.2, 0.25) is 0 Å². The van der Waals surface area contributed by atoms with E-state index < -0.39 is 0 Å². The van der Waals surface area contributed by atoms with Crippen LogP contribution in [0.3, 0.4) is 0 Å². The fraction of sp³-hybridized carbons (Fsp3) is 0.444. The average Bonchev–Trinajstić information content (AvgIpc) is 3.20. The van der Waals surface area contributed by atoms with Crippen molar-refractivity contribution in [3.05, 3.63) is 35.9 Å². The molecule has 5 rings (SSSR count). The van der Waals surface area contributed by atoms with Crippen molar-refractivity contribution in [3.8, 4) is 22.9 Å². The highest BCUT2D eigenvalue weighted by molar-refractivity contribution is 5.85. The number of hydrogen-bond donors (Lipinski definition) is 1. The van der Waals surface area contributed by atoms with Crippen LogP contribution in [-0.4, -0.2) is 51.9 Å². The van der Waals surface area contributed by atoms with E-state index in [1.165, 1.54) is 0 Å². The molecule has 3 heterocycles. The summed E-state index contributed by atoms with van der Waals surface area (Å²) < 4.78 is 10.8. The van der Waals surface area contributed by atoms with Crippen LogP contribution in [0.15, 0.2) is 33.3 Å². The summed E-state index contributed by atoms with van der Waals surface area (Å²) in [6.45, 7) is 2.78. The Balaban J connectivity index is 0.00000180. The second-order valence-electron chi connectivity index (χ2n) is 6.97. The smallest absolute Gasteiger partial charge is 0.257 e. The van der Waals surface area contributed by atoms with Crippen molar-refractivity contribution in [1.29, 1.82) is 0 Å². The molecule has 0 radical (unpaired) electrons. The Bertz CT molecular complexity index is 905.